The Labute approximate surface area is 181 Å². The third kappa shape index (κ3) is 5.17. The number of hydrogen-bond donors (Lipinski definition) is 1. The molecule has 1 unspecified atom stereocenters. The molecule has 0 aliphatic carbocycles. The molecule has 1 aromatic heterocycles. The van der Waals surface area contributed by atoms with Gasteiger partial charge in [0.15, 0.2) is 0 Å². The lowest BCUT2D eigenvalue weighted by Gasteiger charge is -2.32. The number of halogens is 1. The number of carbonyl (C=O) groups excluding carboxylic acids is 1. The molecule has 0 saturated carbocycles. The Kier molecular flexibility index (Phi) is 6.40. The van der Waals surface area contributed by atoms with E-state index in [1.165, 1.54) is 6.07 Å². The van der Waals surface area contributed by atoms with Gasteiger partial charge in [-0.25, -0.2) is 14.4 Å². The lowest BCUT2D eigenvalue weighted by molar-refractivity contribution is -0.131. The van der Waals surface area contributed by atoms with Crippen LogP contribution in [0.1, 0.15) is 30.0 Å². The number of methoxy groups -OCH3 is 1. The van der Waals surface area contributed by atoms with Gasteiger partial charge in [0, 0.05) is 25.2 Å². The van der Waals surface area contributed by atoms with Gasteiger partial charge in [-0.2, -0.15) is 0 Å². The standard InChI is InChI=1S/C24H25FN4O2/c1-31-19-10-8-17(9-11-19)15-23(30)29-14-4-5-18(16-29)21-12-13-26-24(27-21)28-22-7-3-2-6-20(22)25/h2-3,6-13,18H,4-5,14-16H2,1H3,(H,26,27,28). The van der Waals surface area contributed by atoms with Crippen molar-refractivity contribution in [3.8, 4) is 5.75 Å². The normalized spacial score (nSPS) is 16.1. The van der Waals surface area contributed by atoms with Crippen molar-refractivity contribution in [2.24, 2.45) is 0 Å². The molecule has 160 valence electrons. The Balaban J connectivity index is 1.42. The number of carbonyl (C=O) groups is 1. The molecular weight excluding hydrogens is 395 g/mol. The fraction of sp³-hybridized carbons (Fsp3) is 0.292. The van der Waals surface area contributed by atoms with Gasteiger partial charge in [-0.05, 0) is 48.7 Å². The molecule has 2 aromatic carbocycles. The van der Waals surface area contributed by atoms with Gasteiger partial charge in [0.25, 0.3) is 0 Å². The van der Waals surface area contributed by atoms with Crippen molar-refractivity contribution in [1.29, 1.82) is 0 Å². The third-order valence-corrected chi connectivity index (χ3v) is 5.50. The topological polar surface area (TPSA) is 67.3 Å². The van der Waals surface area contributed by atoms with Gasteiger partial charge in [-0.1, -0.05) is 24.3 Å². The van der Waals surface area contributed by atoms with Crippen LogP contribution < -0.4 is 10.1 Å². The molecule has 4 rings (SSSR count). The summed E-state index contributed by atoms with van der Waals surface area (Å²) in [4.78, 5) is 23.6. The van der Waals surface area contributed by atoms with Crippen LogP contribution in [-0.2, 0) is 11.2 Å². The van der Waals surface area contributed by atoms with Crippen LogP contribution in [0, 0.1) is 5.82 Å². The zero-order valence-electron chi connectivity index (χ0n) is 17.4. The van der Waals surface area contributed by atoms with Gasteiger partial charge in [-0.3, -0.25) is 4.79 Å². The Bertz CT molecular complexity index is 1040. The number of likely N-dealkylation sites (tertiary alicyclic amines) is 1. The number of hydrogen-bond acceptors (Lipinski definition) is 5. The molecule has 1 atom stereocenters. The number of nitrogens with one attached hydrogen (secondary N) is 1. The van der Waals surface area contributed by atoms with Crippen LogP contribution in [0.4, 0.5) is 16.0 Å². The molecule has 2 heterocycles. The average molecular weight is 420 g/mol. The molecule has 31 heavy (non-hydrogen) atoms. The predicted molar refractivity (Wildman–Crippen MR) is 117 cm³/mol. The predicted octanol–water partition coefficient (Wildman–Crippen LogP) is 4.32. The Hall–Kier alpha value is -3.48. The van der Waals surface area contributed by atoms with Crippen LogP contribution in [0.3, 0.4) is 0 Å². The van der Waals surface area contributed by atoms with Gasteiger partial charge in [0.05, 0.1) is 24.9 Å². The van der Waals surface area contributed by atoms with E-state index >= 15 is 0 Å². The summed E-state index contributed by atoms with van der Waals surface area (Å²) in [6.45, 7) is 1.36. The lowest BCUT2D eigenvalue weighted by Crippen LogP contribution is -2.40. The molecular formula is C24H25FN4O2. The van der Waals surface area contributed by atoms with Gasteiger partial charge >= 0.3 is 0 Å². The molecule has 1 N–H and O–H groups in total. The minimum absolute atomic E-state index is 0.105. The maximum Gasteiger partial charge on any atom is 0.227 e. The van der Waals surface area contributed by atoms with E-state index < -0.39 is 0 Å². The number of aromatic nitrogens is 2. The van der Waals surface area contributed by atoms with Crippen molar-refractivity contribution in [2.45, 2.75) is 25.2 Å². The van der Waals surface area contributed by atoms with E-state index in [0.717, 1.165) is 36.4 Å². The minimum Gasteiger partial charge on any atom is -0.497 e. The molecule has 1 aliphatic heterocycles. The minimum atomic E-state index is -0.357. The number of amides is 1. The molecule has 1 amide bonds. The summed E-state index contributed by atoms with van der Waals surface area (Å²) < 4.78 is 19.1. The number of piperidine rings is 1. The molecule has 0 radical (unpaired) electrons. The van der Waals surface area contributed by atoms with Crippen molar-refractivity contribution >= 4 is 17.5 Å². The molecule has 3 aromatic rings. The largest absolute Gasteiger partial charge is 0.497 e. The van der Waals surface area contributed by atoms with Gasteiger partial charge in [-0.15, -0.1) is 0 Å². The molecule has 1 fully saturated rings. The van der Waals surface area contributed by atoms with Crippen molar-refractivity contribution in [2.75, 3.05) is 25.5 Å². The first-order valence-electron chi connectivity index (χ1n) is 10.4. The summed E-state index contributed by atoms with van der Waals surface area (Å²) >= 11 is 0. The van der Waals surface area contributed by atoms with Gasteiger partial charge in [0.1, 0.15) is 11.6 Å². The van der Waals surface area contributed by atoms with E-state index in [9.17, 15) is 9.18 Å². The Morgan fingerprint density at radius 3 is 2.77 bits per heavy atom. The summed E-state index contributed by atoms with van der Waals surface area (Å²) in [5.41, 5.74) is 2.15. The van der Waals surface area contributed by atoms with Crippen LogP contribution in [-0.4, -0.2) is 41.0 Å². The summed E-state index contributed by atoms with van der Waals surface area (Å²) in [6.07, 6.45) is 3.89. The second kappa shape index (κ2) is 9.55. The smallest absolute Gasteiger partial charge is 0.227 e. The number of benzene rings is 2. The highest BCUT2D eigenvalue weighted by Crippen LogP contribution is 2.27. The maximum absolute atomic E-state index is 13.9. The number of anilines is 2. The zero-order valence-corrected chi connectivity index (χ0v) is 17.4. The molecule has 1 aliphatic rings. The number of rotatable bonds is 6. The summed E-state index contributed by atoms with van der Waals surface area (Å²) in [5.74, 6) is 0.998. The van der Waals surface area contributed by atoms with E-state index in [-0.39, 0.29) is 17.6 Å². The first kappa shape index (κ1) is 20.8. The highest BCUT2D eigenvalue weighted by atomic mass is 19.1. The SMILES string of the molecule is COc1ccc(CC(=O)N2CCCC(c3ccnc(Nc4ccccc4F)n3)C2)cc1. The second-order valence-corrected chi connectivity index (χ2v) is 7.61. The van der Waals surface area contributed by atoms with Crippen molar-refractivity contribution < 1.29 is 13.9 Å². The number of ether oxygens (including phenoxy) is 1. The van der Waals surface area contributed by atoms with Crippen LogP contribution in [0.15, 0.2) is 60.8 Å². The quantitative estimate of drug-likeness (QED) is 0.643. The van der Waals surface area contributed by atoms with Crippen LogP contribution in [0.2, 0.25) is 0 Å². The highest BCUT2D eigenvalue weighted by Gasteiger charge is 2.26. The van der Waals surface area contributed by atoms with Crippen LogP contribution in [0.5, 0.6) is 5.75 Å². The van der Waals surface area contributed by atoms with Crippen LogP contribution in [0.25, 0.3) is 0 Å². The van der Waals surface area contributed by atoms with Gasteiger partial charge in [0.2, 0.25) is 11.9 Å². The average Bonchev–Trinajstić information content (AvgIpc) is 2.81. The first-order chi connectivity index (χ1) is 15.1. The van der Waals surface area contributed by atoms with Gasteiger partial charge < -0.3 is 15.0 Å². The van der Waals surface area contributed by atoms with Crippen molar-refractivity contribution in [1.82, 2.24) is 14.9 Å². The Morgan fingerprint density at radius 2 is 2.00 bits per heavy atom. The van der Waals surface area contributed by atoms with Crippen molar-refractivity contribution in [3.05, 3.63) is 77.9 Å². The molecule has 1 saturated heterocycles. The number of nitrogens with zero attached hydrogens (tertiary/aromatic N) is 3. The fourth-order valence-corrected chi connectivity index (χ4v) is 3.82. The monoisotopic (exact) mass is 420 g/mol. The molecule has 6 nitrogen and oxygen atoms in total. The first-order valence-corrected chi connectivity index (χ1v) is 10.4. The highest BCUT2D eigenvalue weighted by molar-refractivity contribution is 5.79. The van der Waals surface area contributed by atoms with Crippen LogP contribution >= 0.6 is 0 Å². The molecule has 0 spiro atoms. The van der Waals surface area contributed by atoms with Crippen molar-refractivity contribution in [3.63, 3.8) is 0 Å². The third-order valence-electron chi connectivity index (χ3n) is 5.50. The Morgan fingerprint density at radius 1 is 1.19 bits per heavy atom. The maximum atomic E-state index is 13.9. The van der Waals surface area contributed by atoms with E-state index in [1.807, 2.05) is 35.2 Å². The van der Waals surface area contributed by atoms with E-state index in [1.54, 1.807) is 31.5 Å². The number of para-hydroxylation sites is 1. The van der Waals surface area contributed by atoms with E-state index in [0.29, 0.717) is 24.6 Å². The molecule has 0 bridgehead atoms. The molecule has 7 heteroatoms. The fourth-order valence-electron chi connectivity index (χ4n) is 3.82. The van der Waals surface area contributed by atoms with E-state index in [4.69, 9.17) is 4.74 Å². The summed E-state index contributed by atoms with van der Waals surface area (Å²) in [6, 6.07) is 15.9. The lowest BCUT2D eigenvalue weighted by atomic mass is 9.94. The van der Waals surface area contributed by atoms with E-state index in [2.05, 4.69) is 15.3 Å². The second-order valence-electron chi connectivity index (χ2n) is 7.61. The summed E-state index contributed by atoms with van der Waals surface area (Å²) in [7, 11) is 1.62. The summed E-state index contributed by atoms with van der Waals surface area (Å²) in [5, 5.41) is 2.94. The zero-order chi connectivity index (χ0) is 21.6.